The highest BCUT2D eigenvalue weighted by Gasteiger charge is 2.23. The Kier molecular flexibility index (Phi) is 6.06. The molecule has 2 heterocycles. The van der Waals surface area contributed by atoms with E-state index in [0.29, 0.717) is 28.5 Å². The standard InChI is InChI=1S/C23H21N7O2S/c1-16(2)33(31,32)20-6-4-3-5-19(20)27-23-13-21(28-22-11-12-26-30(22)23)29-25-15-18-9-7-17(14-24)8-10-18/h3-13,15-16,27H,1-2H3,(H,28,29)/b25-15+. The summed E-state index contributed by atoms with van der Waals surface area (Å²) in [6, 6.07) is 19.3. The monoisotopic (exact) mass is 459 g/mol. The lowest BCUT2D eigenvalue weighted by Crippen LogP contribution is -2.16. The Morgan fingerprint density at radius 2 is 1.88 bits per heavy atom. The smallest absolute Gasteiger partial charge is 0.182 e. The third kappa shape index (κ3) is 4.68. The van der Waals surface area contributed by atoms with E-state index in [2.05, 4.69) is 32.0 Å². The van der Waals surface area contributed by atoms with E-state index >= 15 is 0 Å². The third-order valence-electron chi connectivity index (χ3n) is 4.87. The van der Waals surface area contributed by atoms with E-state index in [4.69, 9.17) is 5.26 Å². The van der Waals surface area contributed by atoms with Crippen LogP contribution in [0, 0.1) is 11.3 Å². The number of benzene rings is 2. The van der Waals surface area contributed by atoms with E-state index in [1.54, 1.807) is 91.4 Å². The number of sulfone groups is 1. The number of nitrogens with zero attached hydrogens (tertiary/aromatic N) is 5. The highest BCUT2D eigenvalue weighted by molar-refractivity contribution is 7.92. The van der Waals surface area contributed by atoms with Gasteiger partial charge in [0.15, 0.2) is 21.3 Å². The molecule has 0 fully saturated rings. The fourth-order valence-corrected chi connectivity index (χ4v) is 4.29. The van der Waals surface area contributed by atoms with Crippen LogP contribution < -0.4 is 10.7 Å². The van der Waals surface area contributed by atoms with E-state index in [9.17, 15) is 8.42 Å². The van der Waals surface area contributed by atoms with E-state index in [-0.39, 0.29) is 4.90 Å². The van der Waals surface area contributed by atoms with Crippen LogP contribution >= 0.6 is 0 Å². The molecule has 0 unspecified atom stereocenters. The molecule has 0 spiro atoms. The number of hydrogen-bond acceptors (Lipinski definition) is 8. The number of para-hydroxylation sites is 1. The third-order valence-corrected chi connectivity index (χ3v) is 7.08. The summed E-state index contributed by atoms with van der Waals surface area (Å²) >= 11 is 0. The average Bonchev–Trinajstić information content (AvgIpc) is 3.29. The van der Waals surface area contributed by atoms with Gasteiger partial charge in [-0.1, -0.05) is 24.3 Å². The maximum Gasteiger partial charge on any atom is 0.182 e. The van der Waals surface area contributed by atoms with E-state index in [0.717, 1.165) is 5.56 Å². The molecule has 0 saturated carbocycles. The fraction of sp³-hybridized carbons (Fsp3) is 0.130. The van der Waals surface area contributed by atoms with Crippen molar-refractivity contribution in [2.45, 2.75) is 24.0 Å². The number of aromatic nitrogens is 3. The normalized spacial score (nSPS) is 11.7. The molecule has 0 atom stereocenters. The molecule has 9 nitrogen and oxygen atoms in total. The summed E-state index contributed by atoms with van der Waals surface area (Å²) in [5.41, 5.74) is 5.28. The molecular weight excluding hydrogens is 438 g/mol. The van der Waals surface area contributed by atoms with Gasteiger partial charge in [0.1, 0.15) is 5.82 Å². The summed E-state index contributed by atoms with van der Waals surface area (Å²) in [6.45, 7) is 3.30. The van der Waals surface area contributed by atoms with Crippen LogP contribution in [0.15, 0.2) is 76.9 Å². The summed E-state index contributed by atoms with van der Waals surface area (Å²) in [7, 11) is -3.49. The largest absolute Gasteiger partial charge is 0.339 e. The number of rotatable bonds is 7. The van der Waals surface area contributed by atoms with E-state index in [1.807, 2.05) is 0 Å². The van der Waals surface area contributed by atoms with Crippen LogP contribution in [0.3, 0.4) is 0 Å². The Morgan fingerprint density at radius 3 is 2.61 bits per heavy atom. The van der Waals surface area contributed by atoms with E-state index < -0.39 is 15.1 Å². The van der Waals surface area contributed by atoms with Gasteiger partial charge in [0.25, 0.3) is 0 Å². The van der Waals surface area contributed by atoms with Crippen LogP contribution in [0.4, 0.5) is 17.3 Å². The molecule has 2 aromatic carbocycles. The quantitative estimate of drug-likeness (QED) is 0.316. The number of fused-ring (bicyclic) bond motifs is 1. The van der Waals surface area contributed by atoms with Gasteiger partial charge in [0.2, 0.25) is 0 Å². The predicted molar refractivity (Wildman–Crippen MR) is 127 cm³/mol. The first-order valence-electron chi connectivity index (χ1n) is 10.1. The Labute approximate surface area is 191 Å². The molecule has 0 saturated heterocycles. The first-order valence-corrected chi connectivity index (χ1v) is 11.7. The second-order valence-electron chi connectivity index (χ2n) is 7.45. The molecule has 10 heteroatoms. The minimum absolute atomic E-state index is 0.213. The first kappa shape index (κ1) is 22.0. The van der Waals surface area contributed by atoms with Crippen LogP contribution in [-0.2, 0) is 9.84 Å². The average molecular weight is 460 g/mol. The van der Waals surface area contributed by atoms with Crippen molar-refractivity contribution in [3.63, 3.8) is 0 Å². The van der Waals surface area contributed by atoms with Crippen molar-refractivity contribution >= 4 is 39.0 Å². The number of hydrazone groups is 1. The van der Waals surface area contributed by atoms with Crippen LogP contribution in [-0.4, -0.2) is 34.5 Å². The van der Waals surface area contributed by atoms with E-state index in [1.165, 1.54) is 0 Å². The lowest BCUT2D eigenvalue weighted by molar-refractivity contribution is 0.588. The van der Waals surface area contributed by atoms with Crippen LogP contribution in [0.25, 0.3) is 5.65 Å². The predicted octanol–water partition coefficient (Wildman–Crippen LogP) is 3.97. The van der Waals surface area contributed by atoms with Crippen molar-refractivity contribution in [3.8, 4) is 6.07 Å². The van der Waals surface area contributed by atoms with Crippen molar-refractivity contribution in [1.82, 2.24) is 14.6 Å². The van der Waals surface area contributed by atoms with Crippen molar-refractivity contribution in [2.75, 3.05) is 10.7 Å². The zero-order valence-electron chi connectivity index (χ0n) is 18.0. The minimum Gasteiger partial charge on any atom is -0.339 e. The van der Waals surface area contributed by atoms with Gasteiger partial charge in [-0.3, -0.25) is 5.43 Å². The van der Waals surface area contributed by atoms with Gasteiger partial charge in [-0.15, -0.1) is 0 Å². The summed E-state index contributed by atoms with van der Waals surface area (Å²) in [6.07, 6.45) is 3.22. The van der Waals surface area contributed by atoms with Gasteiger partial charge >= 0.3 is 0 Å². The molecule has 0 aliphatic carbocycles. The second kappa shape index (κ2) is 9.10. The van der Waals surface area contributed by atoms with Gasteiger partial charge in [0.05, 0.1) is 39.9 Å². The van der Waals surface area contributed by atoms with Crippen molar-refractivity contribution in [2.24, 2.45) is 5.10 Å². The second-order valence-corrected chi connectivity index (χ2v) is 9.92. The molecule has 0 radical (unpaired) electrons. The summed E-state index contributed by atoms with van der Waals surface area (Å²) < 4.78 is 27.2. The molecule has 0 aliphatic heterocycles. The zero-order chi connectivity index (χ0) is 23.4. The minimum atomic E-state index is -3.49. The van der Waals surface area contributed by atoms with Gasteiger partial charge < -0.3 is 5.32 Å². The molecule has 0 bridgehead atoms. The number of nitriles is 1. The molecule has 2 N–H and O–H groups in total. The topological polar surface area (TPSA) is 125 Å². The lowest BCUT2D eigenvalue weighted by Gasteiger charge is -2.15. The molecule has 4 aromatic rings. The molecule has 4 rings (SSSR count). The van der Waals surface area contributed by atoms with Crippen molar-refractivity contribution in [3.05, 3.63) is 78.0 Å². The molecule has 166 valence electrons. The van der Waals surface area contributed by atoms with Gasteiger partial charge in [-0.25, -0.2) is 13.4 Å². The van der Waals surface area contributed by atoms with Crippen LogP contribution in [0.2, 0.25) is 0 Å². The molecule has 0 amide bonds. The van der Waals surface area contributed by atoms with Crippen molar-refractivity contribution in [1.29, 1.82) is 5.26 Å². The van der Waals surface area contributed by atoms with Gasteiger partial charge in [0, 0.05) is 12.1 Å². The molecule has 0 aliphatic rings. The van der Waals surface area contributed by atoms with Gasteiger partial charge in [-0.05, 0) is 43.7 Å². The Hall–Kier alpha value is -4.23. The maximum absolute atomic E-state index is 12.8. The maximum atomic E-state index is 12.8. The highest BCUT2D eigenvalue weighted by Crippen LogP contribution is 2.28. The number of nitrogens with one attached hydrogen (secondary N) is 2. The summed E-state index contributed by atoms with van der Waals surface area (Å²) in [4.78, 5) is 4.68. The fourth-order valence-electron chi connectivity index (χ4n) is 3.09. The summed E-state index contributed by atoms with van der Waals surface area (Å²) in [5, 5.41) is 20.0. The lowest BCUT2D eigenvalue weighted by atomic mass is 10.2. The first-order chi connectivity index (χ1) is 15.9. The SMILES string of the molecule is CC(C)S(=O)(=O)c1ccccc1Nc1cc(N/N=C/c2ccc(C#N)cc2)nc2ccnn12. The Balaban J connectivity index is 1.64. The van der Waals surface area contributed by atoms with Crippen LogP contribution in [0.1, 0.15) is 25.0 Å². The number of anilines is 3. The molecular formula is C23H21N7O2S. The van der Waals surface area contributed by atoms with Crippen molar-refractivity contribution < 1.29 is 8.42 Å². The van der Waals surface area contributed by atoms with Crippen LogP contribution in [0.5, 0.6) is 0 Å². The zero-order valence-corrected chi connectivity index (χ0v) is 18.8. The number of hydrogen-bond donors (Lipinski definition) is 2. The summed E-state index contributed by atoms with van der Waals surface area (Å²) in [5.74, 6) is 0.965. The van der Waals surface area contributed by atoms with Gasteiger partial charge in [-0.2, -0.15) is 20.0 Å². The highest BCUT2D eigenvalue weighted by atomic mass is 32.2. The molecule has 33 heavy (non-hydrogen) atoms. The Bertz CT molecular complexity index is 1470. The Morgan fingerprint density at radius 1 is 1.12 bits per heavy atom. The molecule has 2 aromatic heterocycles.